The van der Waals surface area contributed by atoms with Crippen LogP contribution in [-0.4, -0.2) is 33.4 Å². The zero-order valence-corrected chi connectivity index (χ0v) is 25.1. The van der Waals surface area contributed by atoms with Gasteiger partial charge >= 0.3 is 0 Å². The van der Waals surface area contributed by atoms with Crippen LogP contribution in [0.1, 0.15) is 59.0 Å². The molecule has 2 aromatic heterocycles. The Balaban J connectivity index is 0.00000194. The number of fused-ring (bicyclic) bond motifs is 2. The molecule has 8 nitrogen and oxygen atoms in total. The van der Waals surface area contributed by atoms with Gasteiger partial charge in [0.1, 0.15) is 0 Å². The molecule has 208 valence electrons. The van der Waals surface area contributed by atoms with E-state index in [9.17, 15) is 19.2 Å². The normalized spacial score (nSPS) is 13.6. The van der Waals surface area contributed by atoms with Gasteiger partial charge in [-0.15, -0.1) is 0 Å². The number of rotatable bonds is 8. The summed E-state index contributed by atoms with van der Waals surface area (Å²) in [6, 6.07) is 21.8. The Kier molecular flexibility index (Phi) is 9.25. The standard InChI is InChI=1S/C31H26N4O4.2BrH/c36-28-24-8-1-2-9-25(24)29(37)34(28)20-32-16-12-22(13-17-32)6-5-7-23-14-18-33(19-15-23)21-35-30(38)26-10-3-4-11-27(26)31(35)39;;/h1-4,8-19H,5-7,20-21H2;2*1H/q+2;;/p-2. The number of nitrogens with zero attached hydrogens (tertiary/aromatic N) is 4. The number of aromatic nitrogens is 2. The summed E-state index contributed by atoms with van der Waals surface area (Å²) in [5, 5.41) is 0. The molecule has 0 radical (unpaired) electrons. The number of hydrogen-bond donors (Lipinski definition) is 0. The molecule has 10 heteroatoms. The molecule has 0 unspecified atom stereocenters. The second-order valence-corrected chi connectivity index (χ2v) is 9.75. The molecule has 0 aliphatic carbocycles. The Morgan fingerprint density at radius 2 is 0.756 bits per heavy atom. The van der Waals surface area contributed by atoms with Gasteiger partial charge in [-0.1, -0.05) is 24.3 Å². The second-order valence-electron chi connectivity index (χ2n) is 9.75. The van der Waals surface area contributed by atoms with E-state index in [-0.39, 0.29) is 70.9 Å². The Bertz CT molecular complexity index is 1430. The topological polar surface area (TPSA) is 82.5 Å². The van der Waals surface area contributed by atoms with Crippen molar-refractivity contribution in [2.24, 2.45) is 0 Å². The molecular weight excluding hydrogens is 652 g/mol. The number of imide groups is 2. The summed E-state index contributed by atoms with van der Waals surface area (Å²) >= 11 is 0. The van der Waals surface area contributed by atoms with Crippen LogP contribution in [0.3, 0.4) is 0 Å². The number of benzene rings is 2. The minimum Gasteiger partial charge on any atom is -1.00 e. The van der Waals surface area contributed by atoms with Crippen molar-refractivity contribution in [3.63, 3.8) is 0 Å². The largest absolute Gasteiger partial charge is 1.00 e. The SMILES string of the molecule is O=C1c2ccccc2C(=O)N1C[n+]1ccc(CCCc2cc[n+](CN3C(=O)c4ccccc4C3=O)cc2)cc1.[Br-].[Br-]. The summed E-state index contributed by atoms with van der Waals surface area (Å²) in [6.45, 7) is 0.356. The van der Waals surface area contributed by atoms with Crippen LogP contribution < -0.4 is 43.1 Å². The van der Waals surface area contributed by atoms with E-state index in [0.29, 0.717) is 22.3 Å². The van der Waals surface area contributed by atoms with Crippen LogP contribution in [0.25, 0.3) is 0 Å². The molecule has 6 rings (SSSR count). The van der Waals surface area contributed by atoms with E-state index >= 15 is 0 Å². The lowest BCUT2D eigenvalue weighted by molar-refractivity contribution is -0.709. The third-order valence-corrected chi connectivity index (χ3v) is 7.22. The van der Waals surface area contributed by atoms with Crippen molar-refractivity contribution in [3.05, 3.63) is 131 Å². The van der Waals surface area contributed by atoms with E-state index in [1.807, 2.05) is 58.2 Å². The van der Waals surface area contributed by atoms with Crippen molar-refractivity contribution >= 4 is 23.6 Å². The molecule has 2 aliphatic rings. The van der Waals surface area contributed by atoms with E-state index < -0.39 is 0 Å². The summed E-state index contributed by atoms with van der Waals surface area (Å²) < 4.78 is 3.66. The summed E-state index contributed by atoms with van der Waals surface area (Å²) in [5.74, 6) is -1.06. The quantitative estimate of drug-likeness (QED) is 0.147. The first kappa shape index (κ1) is 30.0. The van der Waals surface area contributed by atoms with Crippen LogP contribution in [0.2, 0.25) is 0 Å². The summed E-state index contributed by atoms with van der Waals surface area (Å²) in [4.78, 5) is 52.9. The van der Waals surface area contributed by atoms with Crippen molar-refractivity contribution in [2.75, 3.05) is 0 Å². The Morgan fingerprint density at radius 3 is 1.05 bits per heavy atom. The molecular formula is C31H26Br2N4O4. The first-order valence-corrected chi connectivity index (χ1v) is 12.9. The van der Waals surface area contributed by atoms with E-state index in [4.69, 9.17) is 0 Å². The zero-order valence-electron chi connectivity index (χ0n) is 22.0. The number of carbonyl (C=O) groups excluding carboxylic acids is 4. The second kappa shape index (κ2) is 12.7. The summed E-state index contributed by atoms with van der Waals surface area (Å²) in [7, 11) is 0. The first-order valence-electron chi connectivity index (χ1n) is 12.9. The molecule has 2 aromatic carbocycles. The number of halogens is 2. The van der Waals surface area contributed by atoms with Gasteiger partial charge in [0.15, 0.2) is 24.8 Å². The minimum absolute atomic E-state index is 0. The summed E-state index contributed by atoms with van der Waals surface area (Å²) in [6.07, 6.45) is 10.3. The van der Waals surface area contributed by atoms with Crippen molar-refractivity contribution in [1.29, 1.82) is 0 Å². The monoisotopic (exact) mass is 676 g/mol. The molecule has 2 aliphatic heterocycles. The number of hydrogen-bond acceptors (Lipinski definition) is 4. The highest BCUT2D eigenvalue weighted by molar-refractivity contribution is 6.21. The average molecular weight is 678 g/mol. The smallest absolute Gasteiger partial charge is 0.266 e. The van der Waals surface area contributed by atoms with Gasteiger partial charge in [0, 0.05) is 24.3 Å². The predicted molar refractivity (Wildman–Crippen MR) is 139 cm³/mol. The fourth-order valence-electron chi connectivity index (χ4n) is 5.06. The van der Waals surface area contributed by atoms with Gasteiger partial charge in [0.25, 0.3) is 23.6 Å². The molecule has 4 heterocycles. The van der Waals surface area contributed by atoms with E-state index in [0.717, 1.165) is 19.3 Å². The third kappa shape index (κ3) is 5.89. The number of pyridine rings is 2. The Hall–Kier alpha value is -4.02. The third-order valence-electron chi connectivity index (χ3n) is 7.22. The summed E-state index contributed by atoms with van der Waals surface area (Å²) in [5.41, 5.74) is 4.16. The van der Waals surface area contributed by atoms with E-state index in [2.05, 4.69) is 0 Å². The van der Waals surface area contributed by atoms with Crippen LogP contribution in [-0.2, 0) is 26.2 Å². The molecule has 4 amide bonds. The zero-order chi connectivity index (χ0) is 26.9. The molecule has 0 saturated heterocycles. The number of carbonyl (C=O) groups is 4. The highest BCUT2D eigenvalue weighted by Crippen LogP contribution is 2.23. The van der Waals surface area contributed by atoms with Crippen LogP contribution in [0.15, 0.2) is 97.6 Å². The van der Waals surface area contributed by atoms with Gasteiger partial charge in [0.2, 0.25) is 13.3 Å². The van der Waals surface area contributed by atoms with E-state index in [1.165, 1.54) is 20.9 Å². The van der Waals surface area contributed by atoms with Crippen LogP contribution in [0.5, 0.6) is 0 Å². The fourth-order valence-corrected chi connectivity index (χ4v) is 5.06. The van der Waals surface area contributed by atoms with Crippen molar-refractivity contribution in [2.45, 2.75) is 32.6 Å². The van der Waals surface area contributed by atoms with Gasteiger partial charge in [-0.2, -0.15) is 9.13 Å². The lowest BCUT2D eigenvalue weighted by Crippen LogP contribution is -3.00. The van der Waals surface area contributed by atoms with E-state index in [1.54, 1.807) is 48.5 Å². The van der Waals surface area contributed by atoms with Crippen molar-refractivity contribution < 1.29 is 62.3 Å². The molecule has 4 aromatic rings. The minimum atomic E-state index is -0.264. The lowest BCUT2D eigenvalue weighted by Gasteiger charge is -2.10. The van der Waals surface area contributed by atoms with Crippen LogP contribution in [0.4, 0.5) is 0 Å². The van der Waals surface area contributed by atoms with Crippen molar-refractivity contribution in [3.8, 4) is 0 Å². The Morgan fingerprint density at radius 1 is 0.463 bits per heavy atom. The van der Waals surface area contributed by atoms with Gasteiger partial charge in [-0.3, -0.25) is 19.2 Å². The average Bonchev–Trinajstić information content (AvgIpc) is 3.35. The number of amides is 4. The molecule has 0 atom stereocenters. The molecule has 0 saturated carbocycles. The number of aryl methyl sites for hydroxylation is 2. The predicted octanol–water partition coefficient (Wildman–Crippen LogP) is -3.05. The fraction of sp³-hybridized carbons (Fsp3) is 0.161. The highest BCUT2D eigenvalue weighted by atomic mass is 79.9. The maximum Gasteiger partial charge on any atom is 0.266 e. The first-order chi connectivity index (χ1) is 19.0. The van der Waals surface area contributed by atoms with Crippen LogP contribution >= 0.6 is 0 Å². The maximum atomic E-state index is 12.6. The lowest BCUT2D eigenvalue weighted by atomic mass is 10.1. The highest BCUT2D eigenvalue weighted by Gasteiger charge is 2.38. The van der Waals surface area contributed by atoms with Crippen LogP contribution in [0, 0.1) is 0 Å². The van der Waals surface area contributed by atoms with Gasteiger partial charge < -0.3 is 34.0 Å². The maximum absolute atomic E-state index is 12.6. The molecule has 0 spiro atoms. The molecule has 0 N–H and O–H groups in total. The van der Waals surface area contributed by atoms with Gasteiger partial charge in [-0.25, -0.2) is 9.80 Å². The molecule has 41 heavy (non-hydrogen) atoms. The Labute approximate surface area is 258 Å². The molecule has 0 bridgehead atoms. The van der Waals surface area contributed by atoms with Gasteiger partial charge in [-0.05, 0) is 54.7 Å². The van der Waals surface area contributed by atoms with Crippen molar-refractivity contribution in [1.82, 2.24) is 9.80 Å². The van der Waals surface area contributed by atoms with Gasteiger partial charge in [0.05, 0.1) is 22.3 Å². The molecule has 0 fully saturated rings.